The van der Waals surface area contributed by atoms with Gasteiger partial charge < -0.3 is 14.4 Å². The monoisotopic (exact) mass is 425 g/mol. The lowest BCUT2D eigenvalue weighted by molar-refractivity contribution is 0.0788. The van der Waals surface area contributed by atoms with Crippen molar-refractivity contribution in [3.63, 3.8) is 0 Å². The van der Waals surface area contributed by atoms with Crippen molar-refractivity contribution in [3.05, 3.63) is 64.8 Å². The molecule has 1 aromatic heterocycles. The average molecular weight is 426 g/mol. The Morgan fingerprint density at radius 1 is 1.17 bits per heavy atom. The molecule has 0 saturated carbocycles. The Morgan fingerprint density at radius 3 is 2.60 bits per heavy atom. The van der Waals surface area contributed by atoms with Gasteiger partial charge in [-0.25, -0.2) is 9.48 Å². The highest BCUT2D eigenvalue weighted by Crippen LogP contribution is 2.37. The van der Waals surface area contributed by atoms with Crippen LogP contribution in [0.2, 0.25) is 5.02 Å². The minimum Gasteiger partial charge on any atom is -0.492 e. The Kier molecular flexibility index (Phi) is 5.68. The maximum atomic E-state index is 12.0. The number of hydrogen-bond acceptors (Lipinski definition) is 4. The lowest BCUT2D eigenvalue weighted by atomic mass is 10.1. The third-order valence-corrected chi connectivity index (χ3v) is 5.32. The summed E-state index contributed by atoms with van der Waals surface area (Å²) in [5, 5.41) is 5.58. The second kappa shape index (κ2) is 8.40. The van der Waals surface area contributed by atoms with Crippen molar-refractivity contribution in [2.45, 2.75) is 25.9 Å². The van der Waals surface area contributed by atoms with Crippen molar-refractivity contribution < 1.29 is 14.3 Å². The van der Waals surface area contributed by atoms with Gasteiger partial charge in [0.2, 0.25) is 0 Å². The number of carbonyl (C=O) groups excluding carboxylic acids is 1. The van der Waals surface area contributed by atoms with E-state index in [0.717, 1.165) is 34.0 Å². The number of fused-ring (bicyclic) bond motifs is 1. The zero-order valence-corrected chi connectivity index (χ0v) is 18.0. The summed E-state index contributed by atoms with van der Waals surface area (Å²) in [4.78, 5) is 13.5. The average Bonchev–Trinajstić information content (AvgIpc) is 3.26. The van der Waals surface area contributed by atoms with Crippen LogP contribution in [-0.2, 0) is 17.6 Å². The van der Waals surface area contributed by atoms with Gasteiger partial charge in [0.15, 0.2) is 0 Å². The summed E-state index contributed by atoms with van der Waals surface area (Å²) < 4.78 is 13.4. The molecule has 4 rings (SSSR count). The van der Waals surface area contributed by atoms with Crippen LogP contribution in [0.1, 0.15) is 18.2 Å². The van der Waals surface area contributed by atoms with Gasteiger partial charge in [0.1, 0.15) is 17.5 Å². The van der Waals surface area contributed by atoms with Crippen molar-refractivity contribution in [2.24, 2.45) is 0 Å². The van der Waals surface area contributed by atoms with Gasteiger partial charge >= 0.3 is 6.09 Å². The topological polar surface area (TPSA) is 56.6 Å². The number of halogens is 1. The third-order valence-electron chi connectivity index (χ3n) is 5.06. The van der Waals surface area contributed by atoms with Gasteiger partial charge in [0.25, 0.3) is 0 Å². The molecule has 1 heterocycles. The maximum absolute atomic E-state index is 12.0. The standard InChI is InChI=1S/C23H24ClN3O3/c1-4-29-21-8-6-5-7-20(21)27-22(15-9-11-16(24)12-10-15)18-13-17(14-19(18)25-27)30-23(28)26(2)3/h5-12,17H,4,13-14H2,1-3H3. The first-order valence-electron chi connectivity index (χ1n) is 9.94. The predicted octanol–water partition coefficient (Wildman–Crippen LogP) is 4.76. The summed E-state index contributed by atoms with van der Waals surface area (Å²) in [5.41, 5.74) is 4.86. The summed E-state index contributed by atoms with van der Waals surface area (Å²) in [5.74, 6) is 0.770. The quantitative estimate of drug-likeness (QED) is 0.591. The Hall–Kier alpha value is -2.99. The molecule has 30 heavy (non-hydrogen) atoms. The van der Waals surface area contributed by atoms with Gasteiger partial charge in [-0.15, -0.1) is 0 Å². The number of hydrogen-bond donors (Lipinski definition) is 0. The lowest BCUT2D eigenvalue weighted by Gasteiger charge is -2.17. The first-order valence-corrected chi connectivity index (χ1v) is 10.3. The number of para-hydroxylation sites is 2. The number of carbonyl (C=O) groups is 1. The minimum absolute atomic E-state index is 0.222. The molecule has 0 N–H and O–H groups in total. The number of nitrogens with zero attached hydrogens (tertiary/aromatic N) is 3. The van der Waals surface area contributed by atoms with Crippen molar-refractivity contribution in [2.75, 3.05) is 20.7 Å². The molecule has 1 atom stereocenters. The van der Waals surface area contributed by atoms with E-state index in [1.807, 2.05) is 60.1 Å². The summed E-state index contributed by atoms with van der Waals surface area (Å²) in [6.45, 7) is 2.53. The highest BCUT2D eigenvalue weighted by molar-refractivity contribution is 6.30. The van der Waals surface area contributed by atoms with Crippen molar-refractivity contribution in [1.82, 2.24) is 14.7 Å². The highest BCUT2D eigenvalue weighted by atomic mass is 35.5. The first-order chi connectivity index (χ1) is 14.5. The van der Waals surface area contributed by atoms with Gasteiger partial charge in [-0.2, -0.15) is 5.10 Å². The molecular weight excluding hydrogens is 402 g/mol. The summed E-state index contributed by atoms with van der Waals surface area (Å²) >= 11 is 6.12. The van der Waals surface area contributed by atoms with Gasteiger partial charge in [-0.1, -0.05) is 35.9 Å². The second-order valence-electron chi connectivity index (χ2n) is 7.40. The molecule has 0 spiro atoms. The Morgan fingerprint density at radius 2 is 1.90 bits per heavy atom. The van der Waals surface area contributed by atoms with E-state index >= 15 is 0 Å². The molecule has 0 fully saturated rings. The first kappa shape index (κ1) is 20.3. The summed E-state index contributed by atoms with van der Waals surface area (Å²) in [6.07, 6.45) is 0.635. The fourth-order valence-electron chi connectivity index (χ4n) is 3.71. The van der Waals surface area contributed by atoms with Gasteiger partial charge in [-0.05, 0) is 31.2 Å². The number of aromatic nitrogens is 2. The Labute approximate surface area is 181 Å². The molecule has 1 aliphatic carbocycles. The fourth-order valence-corrected chi connectivity index (χ4v) is 3.84. The highest BCUT2D eigenvalue weighted by Gasteiger charge is 2.33. The molecule has 0 aliphatic heterocycles. The van der Waals surface area contributed by atoms with E-state index in [1.165, 1.54) is 4.90 Å². The molecule has 156 valence electrons. The van der Waals surface area contributed by atoms with Gasteiger partial charge in [-0.3, -0.25) is 0 Å². The molecule has 0 bridgehead atoms. The van der Waals surface area contributed by atoms with E-state index in [0.29, 0.717) is 24.5 Å². The number of amides is 1. The number of rotatable bonds is 5. The van der Waals surface area contributed by atoms with E-state index < -0.39 is 0 Å². The Balaban J connectivity index is 1.79. The maximum Gasteiger partial charge on any atom is 0.409 e. The van der Waals surface area contributed by atoms with Gasteiger partial charge in [0, 0.05) is 43.1 Å². The van der Waals surface area contributed by atoms with Crippen LogP contribution in [0.4, 0.5) is 4.79 Å². The van der Waals surface area contributed by atoms with Gasteiger partial charge in [0.05, 0.1) is 18.0 Å². The largest absolute Gasteiger partial charge is 0.492 e. The van der Waals surface area contributed by atoms with E-state index in [-0.39, 0.29) is 12.2 Å². The minimum atomic E-state index is -0.340. The van der Waals surface area contributed by atoms with Crippen LogP contribution < -0.4 is 4.74 Å². The molecular formula is C23H24ClN3O3. The third kappa shape index (κ3) is 3.87. The smallest absolute Gasteiger partial charge is 0.409 e. The van der Waals surface area contributed by atoms with Crippen molar-refractivity contribution in [1.29, 1.82) is 0 Å². The molecule has 1 aliphatic rings. The molecule has 2 aromatic carbocycles. The lowest BCUT2D eigenvalue weighted by Crippen LogP contribution is -2.28. The van der Waals surface area contributed by atoms with Crippen LogP contribution in [0, 0.1) is 0 Å². The van der Waals surface area contributed by atoms with Crippen LogP contribution in [0.3, 0.4) is 0 Å². The van der Waals surface area contributed by atoms with Crippen molar-refractivity contribution >= 4 is 17.7 Å². The molecule has 3 aromatic rings. The zero-order valence-electron chi connectivity index (χ0n) is 17.3. The summed E-state index contributed by atoms with van der Waals surface area (Å²) in [6, 6.07) is 15.6. The van der Waals surface area contributed by atoms with Crippen LogP contribution in [-0.4, -0.2) is 47.6 Å². The molecule has 0 saturated heterocycles. The van der Waals surface area contributed by atoms with E-state index in [9.17, 15) is 4.79 Å². The molecule has 0 radical (unpaired) electrons. The van der Waals surface area contributed by atoms with Crippen molar-refractivity contribution in [3.8, 4) is 22.7 Å². The van der Waals surface area contributed by atoms with Crippen LogP contribution in [0.25, 0.3) is 16.9 Å². The normalized spacial score (nSPS) is 15.0. The SMILES string of the molecule is CCOc1ccccc1-n1nc2c(c1-c1ccc(Cl)cc1)CC(OC(=O)N(C)C)C2. The molecule has 6 nitrogen and oxygen atoms in total. The molecule has 7 heteroatoms. The summed E-state index contributed by atoms with van der Waals surface area (Å²) in [7, 11) is 3.36. The molecule has 1 amide bonds. The molecule has 1 unspecified atom stereocenters. The van der Waals surface area contributed by atoms with E-state index in [1.54, 1.807) is 14.1 Å². The van der Waals surface area contributed by atoms with E-state index in [2.05, 4.69) is 0 Å². The Bertz CT molecular complexity index is 1060. The predicted molar refractivity (Wildman–Crippen MR) is 117 cm³/mol. The zero-order chi connectivity index (χ0) is 21.3. The number of benzene rings is 2. The van der Waals surface area contributed by atoms with Crippen LogP contribution >= 0.6 is 11.6 Å². The van der Waals surface area contributed by atoms with E-state index in [4.69, 9.17) is 26.2 Å². The number of ether oxygens (including phenoxy) is 2. The van der Waals surface area contributed by atoms with Crippen LogP contribution in [0.15, 0.2) is 48.5 Å². The second-order valence-corrected chi connectivity index (χ2v) is 7.84. The fraction of sp³-hybridized carbons (Fsp3) is 0.304. The van der Waals surface area contributed by atoms with Crippen LogP contribution in [0.5, 0.6) is 5.75 Å².